The number of aromatic nitrogens is 1. The summed E-state index contributed by atoms with van der Waals surface area (Å²) in [6.07, 6.45) is 4.82. The summed E-state index contributed by atoms with van der Waals surface area (Å²) in [4.78, 5) is 14.1. The van der Waals surface area contributed by atoms with Crippen molar-refractivity contribution in [3.05, 3.63) is 30.1 Å². The molecule has 0 saturated carbocycles. The minimum absolute atomic E-state index is 0.523. The average Bonchev–Trinajstić information content (AvgIpc) is 2.16. The molecule has 0 radical (unpaired) electrons. The Morgan fingerprint density at radius 2 is 2.50 bits per heavy atom. The fourth-order valence-electron chi connectivity index (χ4n) is 0.857. The third-order valence-electron chi connectivity index (χ3n) is 1.52. The van der Waals surface area contributed by atoms with Crippen molar-refractivity contribution in [2.45, 2.75) is 6.42 Å². The number of pyridine rings is 1. The minimum Gasteiger partial charge on any atom is -0.283 e. The molecule has 0 aliphatic rings. The molecule has 4 heteroatoms. The summed E-state index contributed by atoms with van der Waals surface area (Å²) >= 11 is 0. The Kier molecular flexibility index (Phi) is 3.22. The fourth-order valence-corrected chi connectivity index (χ4v) is 0.857. The molecule has 0 aromatic carbocycles. The first-order valence-corrected chi connectivity index (χ1v) is 3.68. The average molecular weight is 165 g/mol. The smallest absolute Gasteiger partial charge is 0.223 e. The molecular weight excluding hydrogens is 154 g/mol. The van der Waals surface area contributed by atoms with Gasteiger partial charge in [0, 0.05) is 18.9 Å². The molecule has 64 valence electrons. The molecule has 1 aromatic heterocycles. The van der Waals surface area contributed by atoms with Crippen LogP contribution in [0.5, 0.6) is 0 Å². The van der Waals surface area contributed by atoms with E-state index in [0.717, 1.165) is 17.0 Å². The van der Waals surface area contributed by atoms with Gasteiger partial charge in [-0.05, 0) is 18.1 Å². The summed E-state index contributed by atoms with van der Waals surface area (Å²) in [5.41, 5.74) is 1.08. The summed E-state index contributed by atoms with van der Waals surface area (Å²) in [7, 11) is 0. The third kappa shape index (κ3) is 2.67. The maximum Gasteiger partial charge on any atom is 0.223 e. The highest BCUT2D eigenvalue weighted by Crippen LogP contribution is 1.96. The fraction of sp³-hybridized carbons (Fsp3) is 0.250. The van der Waals surface area contributed by atoms with Crippen LogP contribution in [0.15, 0.2) is 24.5 Å². The Morgan fingerprint density at radius 3 is 3.08 bits per heavy atom. The first kappa shape index (κ1) is 8.67. The van der Waals surface area contributed by atoms with Gasteiger partial charge < -0.3 is 0 Å². The van der Waals surface area contributed by atoms with Gasteiger partial charge in [0.2, 0.25) is 6.41 Å². The quantitative estimate of drug-likeness (QED) is 0.294. The second-order valence-electron chi connectivity index (χ2n) is 2.45. The molecule has 0 aliphatic carbocycles. The molecule has 0 aliphatic heterocycles. The number of carbonyl (C=O) groups excluding carboxylic acids is 1. The zero-order valence-corrected chi connectivity index (χ0v) is 6.68. The lowest BCUT2D eigenvalue weighted by molar-refractivity contribution is -0.118. The number of amides is 1. The topological polar surface area (TPSA) is 59.2 Å². The molecule has 1 heterocycles. The normalized spacial score (nSPS) is 9.42. The van der Waals surface area contributed by atoms with Gasteiger partial charge in [-0.2, -0.15) is 0 Å². The number of hydrazine groups is 1. The summed E-state index contributed by atoms with van der Waals surface area (Å²) in [6.45, 7) is 0.523. The Hall–Kier alpha value is -1.42. The van der Waals surface area contributed by atoms with Gasteiger partial charge in [0.05, 0.1) is 0 Å². The molecule has 0 spiro atoms. The minimum atomic E-state index is 0.523. The first-order valence-electron chi connectivity index (χ1n) is 3.68. The van der Waals surface area contributed by atoms with Crippen LogP contribution in [0.25, 0.3) is 0 Å². The van der Waals surface area contributed by atoms with Crippen molar-refractivity contribution in [1.82, 2.24) is 9.99 Å². The van der Waals surface area contributed by atoms with Crippen molar-refractivity contribution in [3.63, 3.8) is 0 Å². The zero-order chi connectivity index (χ0) is 8.81. The molecule has 0 bridgehead atoms. The van der Waals surface area contributed by atoms with Crippen LogP contribution < -0.4 is 5.84 Å². The molecule has 0 saturated heterocycles. The molecule has 0 atom stereocenters. The van der Waals surface area contributed by atoms with Crippen molar-refractivity contribution in [2.75, 3.05) is 6.54 Å². The van der Waals surface area contributed by atoms with Crippen molar-refractivity contribution in [1.29, 1.82) is 0 Å². The number of carbonyl (C=O) groups is 1. The maximum atomic E-state index is 10.1. The lowest BCUT2D eigenvalue weighted by atomic mass is 10.2. The molecule has 1 rings (SSSR count). The summed E-state index contributed by atoms with van der Waals surface area (Å²) in [6, 6.07) is 3.81. The van der Waals surface area contributed by atoms with Crippen molar-refractivity contribution < 1.29 is 4.79 Å². The highest BCUT2D eigenvalue weighted by atomic mass is 16.1. The molecular formula is C8H11N3O. The molecule has 12 heavy (non-hydrogen) atoms. The van der Waals surface area contributed by atoms with Crippen LogP contribution in [-0.2, 0) is 11.2 Å². The molecule has 2 N–H and O–H groups in total. The Labute approximate surface area is 71.0 Å². The largest absolute Gasteiger partial charge is 0.283 e. The summed E-state index contributed by atoms with van der Waals surface area (Å²) < 4.78 is 0. The molecule has 0 fully saturated rings. The van der Waals surface area contributed by atoms with Crippen LogP contribution >= 0.6 is 0 Å². The number of hydrogen-bond donors (Lipinski definition) is 1. The Morgan fingerprint density at radius 1 is 1.67 bits per heavy atom. The summed E-state index contributed by atoms with van der Waals surface area (Å²) in [5.74, 6) is 5.27. The predicted molar refractivity (Wildman–Crippen MR) is 44.9 cm³/mol. The van der Waals surface area contributed by atoms with Gasteiger partial charge in [-0.1, -0.05) is 6.07 Å². The van der Waals surface area contributed by atoms with Crippen LogP contribution in [0.2, 0.25) is 0 Å². The predicted octanol–water partition coefficient (Wildman–Crippen LogP) is -0.0438. The van der Waals surface area contributed by atoms with E-state index in [1.165, 1.54) is 0 Å². The maximum absolute atomic E-state index is 10.1. The third-order valence-corrected chi connectivity index (χ3v) is 1.52. The lowest BCUT2D eigenvalue weighted by Gasteiger charge is -2.08. The summed E-state index contributed by atoms with van der Waals surface area (Å²) in [5, 5.41) is 1.12. The zero-order valence-electron chi connectivity index (χ0n) is 6.68. The van der Waals surface area contributed by atoms with E-state index < -0.39 is 0 Å². The number of nitrogens with zero attached hydrogens (tertiary/aromatic N) is 2. The monoisotopic (exact) mass is 165 g/mol. The highest BCUT2D eigenvalue weighted by molar-refractivity contribution is 5.45. The van der Waals surface area contributed by atoms with Gasteiger partial charge in [0.25, 0.3) is 0 Å². The van der Waals surface area contributed by atoms with Crippen LogP contribution in [0.3, 0.4) is 0 Å². The number of hydrogen-bond acceptors (Lipinski definition) is 3. The molecule has 1 aromatic rings. The van der Waals surface area contributed by atoms with Crippen LogP contribution in [0.1, 0.15) is 5.56 Å². The number of rotatable bonds is 4. The van der Waals surface area contributed by atoms with E-state index in [9.17, 15) is 4.79 Å². The van der Waals surface area contributed by atoms with E-state index >= 15 is 0 Å². The second-order valence-corrected chi connectivity index (χ2v) is 2.45. The molecule has 1 amide bonds. The van der Waals surface area contributed by atoms with Gasteiger partial charge in [-0.15, -0.1) is 0 Å². The molecule has 0 unspecified atom stereocenters. The van der Waals surface area contributed by atoms with E-state index in [-0.39, 0.29) is 0 Å². The standard InChI is InChI=1S/C8H11N3O/c9-11(7-12)5-3-8-2-1-4-10-6-8/h1-2,4,6-7H,3,5,9H2. The van der Waals surface area contributed by atoms with E-state index in [0.29, 0.717) is 13.0 Å². The van der Waals surface area contributed by atoms with Crippen molar-refractivity contribution in [2.24, 2.45) is 5.84 Å². The van der Waals surface area contributed by atoms with E-state index in [1.54, 1.807) is 12.4 Å². The van der Waals surface area contributed by atoms with E-state index in [4.69, 9.17) is 5.84 Å². The second kappa shape index (κ2) is 4.46. The van der Waals surface area contributed by atoms with Crippen LogP contribution in [0, 0.1) is 0 Å². The Bertz CT molecular complexity index is 237. The van der Waals surface area contributed by atoms with Gasteiger partial charge in [0.15, 0.2) is 0 Å². The van der Waals surface area contributed by atoms with Gasteiger partial charge >= 0.3 is 0 Å². The number of nitrogens with two attached hydrogens (primary N) is 1. The van der Waals surface area contributed by atoms with Gasteiger partial charge in [-0.3, -0.25) is 14.8 Å². The highest BCUT2D eigenvalue weighted by Gasteiger charge is 1.95. The van der Waals surface area contributed by atoms with Gasteiger partial charge in [0.1, 0.15) is 0 Å². The Balaban J connectivity index is 2.38. The SMILES string of the molecule is NN(C=O)CCc1cccnc1. The van der Waals surface area contributed by atoms with Crippen LogP contribution in [-0.4, -0.2) is 22.9 Å². The lowest BCUT2D eigenvalue weighted by Crippen LogP contribution is -2.31. The van der Waals surface area contributed by atoms with Gasteiger partial charge in [-0.25, -0.2) is 5.84 Å². The van der Waals surface area contributed by atoms with E-state index in [1.807, 2.05) is 12.1 Å². The van der Waals surface area contributed by atoms with E-state index in [2.05, 4.69) is 4.98 Å². The van der Waals surface area contributed by atoms with Crippen LogP contribution in [0.4, 0.5) is 0 Å². The molecule has 4 nitrogen and oxygen atoms in total. The van der Waals surface area contributed by atoms with Crippen molar-refractivity contribution in [3.8, 4) is 0 Å². The van der Waals surface area contributed by atoms with Crippen molar-refractivity contribution >= 4 is 6.41 Å². The first-order chi connectivity index (χ1) is 5.83.